The molecule has 0 aliphatic rings. The van der Waals surface area contributed by atoms with Crippen molar-refractivity contribution < 1.29 is 17.9 Å². The molecular weight excluding hydrogens is 329 g/mol. The molecule has 0 fully saturated rings. The number of rotatable bonds is 8. The lowest BCUT2D eigenvalue weighted by molar-refractivity contribution is -0.137. The summed E-state index contributed by atoms with van der Waals surface area (Å²) in [4.78, 5) is 0. The molecule has 134 valence electrons. The van der Waals surface area contributed by atoms with Crippen molar-refractivity contribution in [3.63, 3.8) is 0 Å². The Kier molecular flexibility index (Phi) is 6.86. The zero-order chi connectivity index (χ0) is 18.1. The van der Waals surface area contributed by atoms with E-state index in [1.165, 1.54) is 12.1 Å². The second-order valence-corrected chi connectivity index (χ2v) is 5.54. The fourth-order valence-corrected chi connectivity index (χ4v) is 2.16. The molecule has 0 radical (unpaired) electrons. The van der Waals surface area contributed by atoms with Gasteiger partial charge in [-0.15, -0.1) is 0 Å². The van der Waals surface area contributed by atoms with E-state index < -0.39 is 11.7 Å². The zero-order valence-corrected chi connectivity index (χ0v) is 14.0. The molecule has 1 N–H and O–H groups in total. The van der Waals surface area contributed by atoms with E-state index in [0.717, 1.165) is 42.7 Å². The summed E-state index contributed by atoms with van der Waals surface area (Å²) in [7, 11) is 0. The molecule has 0 atom stereocenters. The first kappa shape index (κ1) is 18.8. The monoisotopic (exact) mass is 350 g/mol. The molecular formula is C19H21F3N2O. The van der Waals surface area contributed by atoms with Crippen molar-refractivity contribution >= 4 is 11.9 Å². The van der Waals surface area contributed by atoms with Crippen LogP contribution in [0.25, 0.3) is 0 Å². The number of hydrazone groups is 1. The van der Waals surface area contributed by atoms with E-state index in [-0.39, 0.29) is 0 Å². The molecule has 2 aromatic carbocycles. The largest absolute Gasteiger partial charge is 0.493 e. The lowest BCUT2D eigenvalue weighted by atomic mass is 10.2. The highest BCUT2D eigenvalue weighted by molar-refractivity contribution is 5.84. The third kappa shape index (κ3) is 6.14. The van der Waals surface area contributed by atoms with Crippen molar-refractivity contribution in [3.8, 4) is 5.75 Å². The maximum absolute atomic E-state index is 12.5. The second kappa shape index (κ2) is 9.11. The van der Waals surface area contributed by atoms with Crippen molar-refractivity contribution in [1.29, 1.82) is 0 Å². The number of benzene rings is 2. The van der Waals surface area contributed by atoms with Crippen LogP contribution >= 0.6 is 0 Å². The van der Waals surface area contributed by atoms with Crippen molar-refractivity contribution in [1.82, 2.24) is 0 Å². The Morgan fingerprint density at radius 3 is 2.44 bits per heavy atom. The van der Waals surface area contributed by atoms with Gasteiger partial charge in [0.05, 0.1) is 24.1 Å². The number of ether oxygens (including phenoxy) is 1. The minimum Gasteiger partial charge on any atom is -0.493 e. The summed E-state index contributed by atoms with van der Waals surface area (Å²) >= 11 is 0. The Morgan fingerprint density at radius 2 is 1.76 bits per heavy atom. The molecule has 2 aromatic rings. The second-order valence-electron chi connectivity index (χ2n) is 5.54. The van der Waals surface area contributed by atoms with E-state index in [2.05, 4.69) is 17.5 Å². The Balaban J connectivity index is 1.95. The maximum atomic E-state index is 12.5. The summed E-state index contributed by atoms with van der Waals surface area (Å²) in [6, 6.07) is 12.2. The number of para-hydroxylation sites is 1. The zero-order valence-electron chi connectivity index (χ0n) is 14.0. The predicted octanol–water partition coefficient (Wildman–Crippen LogP) is 5.72. The van der Waals surface area contributed by atoms with Gasteiger partial charge in [0.2, 0.25) is 0 Å². The van der Waals surface area contributed by atoms with Crippen LogP contribution in [0.2, 0.25) is 0 Å². The van der Waals surface area contributed by atoms with Gasteiger partial charge in [-0.05, 0) is 42.8 Å². The first-order valence-corrected chi connectivity index (χ1v) is 8.19. The lowest BCUT2D eigenvalue weighted by Crippen LogP contribution is -2.04. The number of nitrogens with zero attached hydrogens (tertiary/aromatic N) is 1. The average Bonchev–Trinajstić information content (AvgIpc) is 2.59. The van der Waals surface area contributed by atoms with E-state index in [0.29, 0.717) is 12.3 Å². The van der Waals surface area contributed by atoms with Crippen LogP contribution in [-0.2, 0) is 6.18 Å². The van der Waals surface area contributed by atoms with Gasteiger partial charge >= 0.3 is 6.18 Å². The van der Waals surface area contributed by atoms with Crippen LogP contribution in [0.5, 0.6) is 5.75 Å². The Labute approximate surface area is 145 Å². The first-order valence-electron chi connectivity index (χ1n) is 8.19. The topological polar surface area (TPSA) is 33.6 Å². The van der Waals surface area contributed by atoms with Crippen LogP contribution in [0.15, 0.2) is 53.6 Å². The number of hydrogen-bond donors (Lipinski definition) is 1. The summed E-state index contributed by atoms with van der Waals surface area (Å²) in [6.45, 7) is 2.78. The van der Waals surface area contributed by atoms with Gasteiger partial charge in [-0.3, -0.25) is 5.43 Å². The Morgan fingerprint density at radius 1 is 1.04 bits per heavy atom. The van der Waals surface area contributed by atoms with Gasteiger partial charge in [0.25, 0.3) is 0 Å². The third-order valence-electron chi connectivity index (χ3n) is 3.53. The van der Waals surface area contributed by atoms with Crippen LogP contribution in [0, 0.1) is 0 Å². The quantitative estimate of drug-likeness (QED) is 0.375. The molecule has 0 aliphatic heterocycles. The van der Waals surface area contributed by atoms with Gasteiger partial charge in [-0.1, -0.05) is 31.9 Å². The molecule has 0 bridgehead atoms. The molecule has 0 aromatic heterocycles. The highest BCUT2D eigenvalue weighted by Gasteiger charge is 2.29. The summed E-state index contributed by atoms with van der Waals surface area (Å²) in [6.07, 6.45) is 0.490. The van der Waals surface area contributed by atoms with Gasteiger partial charge in [-0.25, -0.2) is 0 Å². The normalized spacial score (nSPS) is 11.7. The van der Waals surface area contributed by atoms with Crippen molar-refractivity contribution in [3.05, 3.63) is 59.7 Å². The van der Waals surface area contributed by atoms with E-state index in [1.54, 1.807) is 6.21 Å². The first-order chi connectivity index (χ1) is 12.0. The summed E-state index contributed by atoms with van der Waals surface area (Å²) in [5.74, 6) is 0.733. The number of unbranched alkanes of at least 4 members (excludes halogenated alkanes) is 2. The SMILES string of the molecule is CCCCCOc1ccccc1C=NNc1ccc(C(F)(F)F)cc1. The highest BCUT2D eigenvalue weighted by Crippen LogP contribution is 2.29. The third-order valence-corrected chi connectivity index (χ3v) is 3.53. The minimum absolute atomic E-state index is 0.477. The highest BCUT2D eigenvalue weighted by atomic mass is 19.4. The standard InChI is InChI=1S/C19H21F3N2O/c1-2-3-6-13-25-18-8-5-4-7-15(18)14-23-24-17-11-9-16(10-12-17)19(20,21)22/h4-5,7-12,14,24H,2-3,6,13H2,1H3. The maximum Gasteiger partial charge on any atom is 0.416 e. The van der Waals surface area contributed by atoms with E-state index in [1.807, 2.05) is 24.3 Å². The minimum atomic E-state index is -4.34. The molecule has 3 nitrogen and oxygen atoms in total. The molecule has 0 heterocycles. The molecule has 6 heteroatoms. The summed E-state index contributed by atoms with van der Waals surface area (Å²) < 4.78 is 43.3. The van der Waals surface area contributed by atoms with Gasteiger partial charge in [0, 0.05) is 5.56 Å². The van der Waals surface area contributed by atoms with Crippen molar-refractivity contribution in [2.75, 3.05) is 12.0 Å². The van der Waals surface area contributed by atoms with Crippen LogP contribution in [0.1, 0.15) is 37.3 Å². The molecule has 0 amide bonds. The van der Waals surface area contributed by atoms with Crippen LogP contribution in [0.3, 0.4) is 0 Å². The number of halogens is 3. The Hall–Kier alpha value is -2.50. The smallest absolute Gasteiger partial charge is 0.416 e. The molecule has 0 saturated heterocycles. The number of nitrogens with one attached hydrogen (secondary N) is 1. The fourth-order valence-electron chi connectivity index (χ4n) is 2.16. The van der Waals surface area contributed by atoms with Crippen molar-refractivity contribution in [2.24, 2.45) is 5.10 Å². The van der Waals surface area contributed by atoms with E-state index in [4.69, 9.17) is 4.74 Å². The van der Waals surface area contributed by atoms with Gasteiger partial charge in [0.15, 0.2) is 0 Å². The van der Waals surface area contributed by atoms with Gasteiger partial charge in [0.1, 0.15) is 5.75 Å². The number of alkyl halides is 3. The summed E-state index contributed by atoms with van der Waals surface area (Å²) in [5.41, 5.74) is 3.32. The molecule has 25 heavy (non-hydrogen) atoms. The average molecular weight is 350 g/mol. The molecule has 0 spiro atoms. The molecule has 2 rings (SSSR count). The fraction of sp³-hybridized carbons (Fsp3) is 0.316. The van der Waals surface area contributed by atoms with Gasteiger partial charge in [-0.2, -0.15) is 18.3 Å². The van der Waals surface area contributed by atoms with Crippen LogP contribution in [-0.4, -0.2) is 12.8 Å². The number of hydrogen-bond acceptors (Lipinski definition) is 3. The van der Waals surface area contributed by atoms with Crippen molar-refractivity contribution in [2.45, 2.75) is 32.4 Å². The van der Waals surface area contributed by atoms with Crippen LogP contribution < -0.4 is 10.2 Å². The Bertz CT molecular complexity index is 682. The summed E-state index contributed by atoms with van der Waals surface area (Å²) in [5, 5.41) is 4.07. The molecule has 0 saturated carbocycles. The molecule has 0 aliphatic carbocycles. The lowest BCUT2D eigenvalue weighted by Gasteiger charge is -2.09. The van der Waals surface area contributed by atoms with Crippen LogP contribution in [0.4, 0.5) is 18.9 Å². The van der Waals surface area contributed by atoms with E-state index >= 15 is 0 Å². The van der Waals surface area contributed by atoms with E-state index in [9.17, 15) is 13.2 Å². The number of anilines is 1. The predicted molar refractivity (Wildman–Crippen MR) is 94.1 cm³/mol. The molecule has 0 unspecified atom stereocenters. The van der Waals surface area contributed by atoms with Gasteiger partial charge < -0.3 is 4.74 Å².